The van der Waals surface area contributed by atoms with Crippen LogP contribution in [-0.2, 0) is 11.3 Å². The molecule has 1 aromatic rings. The zero-order valence-electron chi connectivity index (χ0n) is 11.6. The number of nitrogens with zero attached hydrogens (tertiary/aromatic N) is 2. The van der Waals surface area contributed by atoms with E-state index in [2.05, 4.69) is 39.4 Å². The second-order valence-corrected chi connectivity index (χ2v) is 5.15. The second-order valence-electron chi connectivity index (χ2n) is 5.15. The first kappa shape index (κ1) is 13.8. The summed E-state index contributed by atoms with van der Waals surface area (Å²) in [6, 6.07) is 8.20. The Morgan fingerprint density at radius 3 is 2.68 bits per heavy atom. The normalized spacial score (nSPS) is 20.2. The quantitative estimate of drug-likeness (QED) is 0.802. The molecular formula is C14H22N4O. The number of hydrogen-bond acceptors (Lipinski definition) is 4. The van der Waals surface area contributed by atoms with Gasteiger partial charge in [0.25, 0.3) is 0 Å². The Hall–Kier alpha value is -1.59. The summed E-state index contributed by atoms with van der Waals surface area (Å²) in [7, 11) is 4.04. The molecule has 0 bridgehead atoms. The van der Waals surface area contributed by atoms with E-state index in [0.717, 1.165) is 19.6 Å². The fourth-order valence-corrected chi connectivity index (χ4v) is 2.35. The number of amides is 1. The van der Waals surface area contributed by atoms with Gasteiger partial charge in [-0.15, -0.1) is 0 Å². The highest BCUT2D eigenvalue weighted by atomic mass is 16.1. The third kappa shape index (κ3) is 3.45. The second kappa shape index (κ2) is 6.04. The molecule has 1 aliphatic heterocycles. The molecule has 0 aliphatic carbocycles. The lowest BCUT2D eigenvalue weighted by Gasteiger charge is -2.34. The van der Waals surface area contributed by atoms with E-state index in [1.54, 1.807) is 0 Å². The summed E-state index contributed by atoms with van der Waals surface area (Å²) in [5, 5.41) is 3.21. The number of hydrogen-bond donors (Lipinski definition) is 2. The summed E-state index contributed by atoms with van der Waals surface area (Å²) < 4.78 is 0. The molecule has 1 saturated heterocycles. The molecule has 0 radical (unpaired) electrons. The van der Waals surface area contributed by atoms with Gasteiger partial charge in [0.15, 0.2) is 0 Å². The van der Waals surface area contributed by atoms with Crippen molar-refractivity contribution in [2.45, 2.75) is 12.6 Å². The molecule has 0 aromatic heterocycles. The molecule has 1 amide bonds. The van der Waals surface area contributed by atoms with Crippen molar-refractivity contribution in [1.29, 1.82) is 0 Å². The number of carbonyl (C=O) groups excluding carboxylic acids is 1. The number of anilines is 1. The minimum Gasteiger partial charge on any atom is -0.378 e. The summed E-state index contributed by atoms with van der Waals surface area (Å²) in [6.07, 6.45) is 0. The summed E-state index contributed by atoms with van der Waals surface area (Å²) in [4.78, 5) is 15.6. The molecule has 0 saturated carbocycles. The van der Waals surface area contributed by atoms with Gasteiger partial charge in [0.1, 0.15) is 6.04 Å². The predicted molar refractivity (Wildman–Crippen MR) is 77.0 cm³/mol. The largest absolute Gasteiger partial charge is 0.378 e. The van der Waals surface area contributed by atoms with Gasteiger partial charge in [-0.2, -0.15) is 0 Å². The molecular weight excluding hydrogens is 240 g/mol. The smallest absolute Gasteiger partial charge is 0.236 e. The molecule has 1 unspecified atom stereocenters. The lowest BCUT2D eigenvalue weighted by Crippen LogP contribution is -2.56. The van der Waals surface area contributed by atoms with E-state index in [9.17, 15) is 4.79 Å². The molecule has 0 spiro atoms. The molecule has 1 fully saturated rings. The van der Waals surface area contributed by atoms with Gasteiger partial charge in [0.05, 0.1) is 0 Å². The van der Waals surface area contributed by atoms with Gasteiger partial charge >= 0.3 is 0 Å². The van der Waals surface area contributed by atoms with Crippen molar-refractivity contribution in [2.24, 2.45) is 5.73 Å². The van der Waals surface area contributed by atoms with Crippen LogP contribution < -0.4 is 16.0 Å². The lowest BCUT2D eigenvalue weighted by atomic mass is 10.1. The minimum atomic E-state index is -0.253. The highest BCUT2D eigenvalue weighted by Gasteiger charge is 2.26. The molecule has 1 aliphatic rings. The van der Waals surface area contributed by atoms with E-state index in [0.29, 0.717) is 6.54 Å². The van der Waals surface area contributed by atoms with Crippen LogP contribution in [0.25, 0.3) is 0 Å². The van der Waals surface area contributed by atoms with Gasteiger partial charge < -0.3 is 16.0 Å². The molecule has 1 atom stereocenters. The lowest BCUT2D eigenvalue weighted by molar-refractivity contribution is -0.124. The number of benzene rings is 1. The summed E-state index contributed by atoms with van der Waals surface area (Å²) in [5.41, 5.74) is 7.83. The maximum Gasteiger partial charge on any atom is 0.236 e. The Morgan fingerprint density at radius 1 is 1.42 bits per heavy atom. The molecule has 1 aromatic carbocycles. The van der Waals surface area contributed by atoms with Crippen molar-refractivity contribution in [3.05, 3.63) is 29.8 Å². The Balaban J connectivity index is 2.04. The number of nitrogens with one attached hydrogen (secondary N) is 1. The van der Waals surface area contributed by atoms with Crippen LogP contribution in [0.15, 0.2) is 24.3 Å². The van der Waals surface area contributed by atoms with E-state index >= 15 is 0 Å². The summed E-state index contributed by atoms with van der Waals surface area (Å²) >= 11 is 0. The van der Waals surface area contributed by atoms with Gasteiger partial charge in [-0.1, -0.05) is 12.1 Å². The molecule has 104 valence electrons. The molecule has 19 heavy (non-hydrogen) atoms. The van der Waals surface area contributed by atoms with Crippen LogP contribution in [0.2, 0.25) is 0 Å². The van der Waals surface area contributed by atoms with Crippen molar-refractivity contribution in [3.8, 4) is 0 Å². The van der Waals surface area contributed by atoms with Crippen molar-refractivity contribution >= 4 is 11.6 Å². The van der Waals surface area contributed by atoms with Crippen molar-refractivity contribution in [3.63, 3.8) is 0 Å². The number of rotatable bonds is 4. The highest BCUT2D eigenvalue weighted by molar-refractivity contribution is 5.80. The monoisotopic (exact) mass is 262 g/mol. The van der Waals surface area contributed by atoms with E-state index in [4.69, 9.17) is 5.73 Å². The van der Waals surface area contributed by atoms with Crippen molar-refractivity contribution < 1.29 is 4.79 Å². The number of piperazine rings is 1. The van der Waals surface area contributed by atoms with Crippen LogP contribution in [-0.4, -0.2) is 50.6 Å². The maximum atomic E-state index is 11.4. The summed E-state index contributed by atoms with van der Waals surface area (Å²) in [6.45, 7) is 3.16. The molecule has 5 nitrogen and oxygen atoms in total. The Morgan fingerprint density at radius 2 is 2.11 bits per heavy atom. The minimum absolute atomic E-state index is 0.206. The van der Waals surface area contributed by atoms with Crippen molar-refractivity contribution in [2.75, 3.05) is 38.6 Å². The van der Waals surface area contributed by atoms with Crippen LogP contribution in [0.5, 0.6) is 0 Å². The van der Waals surface area contributed by atoms with Crippen LogP contribution in [0.3, 0.4) is 0 Å². The fourth-order valence-electron chi connectivity index (χ4n) is 2.35. The Bertz CT molecular complexity index is 430. The topological polar surface area (TPSA) is 61.6 Å². The zero-order valence-corrected chi connectivity index (χ0v) is 11.6. The first-order valence-electron chi connectivity index (χ1n) is 6.58. The molecule has 5 heteroatoms. The highest BCUT2D eigenvalue weighted by Crippen LogP contribution is 2.15. The first-order valence-corrected chi connectivity index (χ1v) is 6.58. The van der Waals surface area contributed by atoms with Crippen LogP contribution in [0.4, 0.5) is 5.69 Å². The fraction of sp³-hybridized carbons (Fsp3) is 0.500. The zero-order chi connectivity index (χ0) is 13.8. The number of nitrogens with two attached hydrogens (primary N) is 1. The van der Waals surface area contributed by atoms with Gasteiger partial charge in [0, 0.05) is 46.0 Å². The number of primary amides is 1. The average molecular weight is 262 g/mol. The van der Waals surface area contributed by atoms with E-state index in [1.165, 1.54) is 11.3 Å². The van der Waals surface area contributed by atoms with E-state index < -0.39 is 0 Å². The van der Waals surface area contributed by atoms with E-state index in [-0.39, 0.29) is 11.9 Å². The van der Waals surface area contributed by atoms with Crippen LogP contribution >= 0.6 is 0 Å². The summed E-state index contributed by atoms with van der Waals surface area (Å²) in [5.74, 6) is -0.253. The van der Waals surface area contributed by atoms with Crippen molar-refractivity contribution in [1.82, 2.24) is 10.2 Å². The van der Waals surface area contributed by atoms with E-state index in [1.807, 2.05) is 14.1 Å². The Labute approximate surface area is 114 Å². The molecule has 2 rings (SSSR count). The first-order chi connectivity index (χ1) is 9.08. The van der Waals surface area contributed by atoms with Crippen LogP contribution in [0.1, 0.15) is 5.56 Å². The number of carbonyl (C=O) groups is 1. The van der Waals surface area contributed by atoms with Crippen LogP contribution in [0, 0.1) is 0 Å². The predicted octanol–water partition coefficient (Wildman–Crippen LogP) is 0.0117. The maximum absolute atomic E-state index is 11.4. The Kier molecular flexibility index (Phi) is 4.39. The SMILES string of the molecule is CN(C)c1ccc(CN2CCNCC2C(N)=O)cc1. The van der Waals surface area contributed by atoms with Gasteiger partial charge in [-0.05, 0) is 17.7 Å². The third-order valence-corrected chi connectivity index (χ3v) is 3.52. The van der Waals surface area contributed by atoms with Gasteiger partial charge in [-0.25, -0.2) is 0 Å². The standard InChI is InChI=1S/C14H22N4O/c1-17(2)12-5-3-11(4-6-12)10-18-8-7-16-9-13(18)14(15)19/h3-6,13,16H,7-10H2,1-2H3,(H2,15,19). The molecule has 3 N–H and O–H groups in total. The average Bonchev–Trinajstić information content (AvgIpc) is 2.39. The van der Waals surface area contributed by atoms with Gasteiger partial charge in [-0.3, -0.25) is 9.69 Å². The van der Waals surface area contributed by atoms with Gasteiger partial charge in [0.2, 0.25) is 5.91 Å². The third-order valence-electron chi connectivity index (χ3n) is 3.52. The molecule has 1 heterocycles.